The monoisotopic (exact) mass is 257 g/mol. The first-order chi connectivity index (χ1) is 8.58. The Hall–Kier alpha value is -1.72. The first-order valence-electron chi connectivity index (χ1n) is 5.71. The van der Waals surface area contributed by atoms with Crippen LogP contribution < -0.4 is 5.32 Å². The summed E-state index contributed by atoms with van der Waals surface area (Å²) in [6.45, 7) is 2.11. The number of nitrogens with zero attached hydrogens (tertiary/aromatic N) is 2. The van der Waals surface area contributed by atoms with E-state index >= 15 is 0 Å². The molecule has 1 aromatic carbocycles. The number of aliphatic imine (C=N–C) groups is 1. The highest BCUT2D eigenvalue weighted by Gasteiger charge is 2.12. The van der Waals surface area contributed by atoms with Gasteiger partial charge >= 0.3 is 0 Å². The third-order valence-electron chi connectivity index (χ3n) is 2.80. The molecule has 0 aliphatic carbocycles. The normalized spacial score (nSPS) is 14.9. The maximum Gasteiger partial charge on any atom is 0.194 e. The van der Waals surface area contributed by atoms with Crippen LogP contribution in [0.4, 0.5) is 13.2 Å². The van der Waals surface area contributed by atoms with Crippen LogP contribution in [-0.2, 0) is 6.42 Å². The molecular weight excluding hydrogens is 243 g/mol. The van der Waals surface area contributed by atoms with Gasteiger partial charge in [-0.15, -0.1) is 0 Å². The van der Waals surface area contributed by atoms with Crippen LogP contribution in [-0.4, -0.2) is 37.5 Å². The van der Waals surface area contributed by atoms with Crippen molar-refractivity contribution in [2.45, 2.75) is 6.42 Å². The highest BCUT2D eigenvalue weighted by Crippen LogP contribution is 2.13. The quantitative estimate of drug-likeness (QED) is 0.832. The molecule has 0 amide bonds. The van der Waals surface area contributed by atoms with Gasteiger partial charge in [-0.2, -0.15) is 0 Å². The molecule has 6 heteroatoms. The van der Waals surface area contributed by atoms with E-state index in [-0.39, 0.29) is 0 Å². The first kappa shape index (κ1) is 12.7. The summed E-state index contributed by atoms with van der Waals surface area (Å²) in [5.74, 6) is -2.95. The number of rotatable bonds is 3. The summed E-state index contributed by atoms with van der Waals surface area (Å²) < 4.78 is 38.7. The van der Waals surface area contributed by atoms with E-state index in [1.807, 2.05) is 11.9 Å². The standard InChI is InChI=1S/C12H14F3N3/c1-18-5-4-17-12(18)16-3-2-8-6-9(13)11(15)10(14)7-8/h6-7H,2-5H2,1H3,(H,16,17). The second-order valence-corrected chi connectivity index (χ2v) is 4.18. The minimum absolute atomic E-state index is 0.404. The molecule has 0 spiro atoms. The molecule has 1 aromatic rings. The van der Waals surface area contributed by atoms with Crippen molar-refractivity contribution < 1.29 is 13.2 Å². The average Bonchev–Trinajstić information content (AvgIpc) is 2.72. The van der Waals surface area contributed by atoms with Gasteiger partial charge in [0.05, 0.1) is 6.54 Å². The van der Waals surface area contributed by atoms with Gasteiger partial charge in [-0.25, -0.2) is 13.2 Å². The molecule has 1 heterocycles. The maximum absolute atomic E-state index is 13.0. The average molecular weight is 257 g/mol. The Morgan fingerprint density at radius 3 is 2.50 bits per heavy atom. The third-order valence-corrected chi connectivity index (χ3v) is 2.80. The molecule has 0 atom stereocenters. The lowest BCUT2D eigenvalue weighted by Crippen LogP contribution is -2.36. The zero-order valence-corrected chi connectivity index (χ0v) is 10.0. The van der Waals surface area contributed by atoms with E-state index in [9.17, 15) is 13.2 Å². The van der Waals surface area contributed by atoms with Gasteiger partial charge in [0.15, 0.2) is 23.4 Å². The lowest BCUT2D eigenvalue weighted by atomic mass is 10.1. The van der Waals surface area contributed by atoms with E-state index in [0.717, 1.165) is 31.2 Å². The molecule has 0 saturated carbocycles. The van der Waals surface area contributed by atoms with E-state index in [0.29, 0.717) is 18.5 Å². The summed E-state index contributed by atoms with van der Waals surface area (Å²) in [6, 6.07) is 2.03. The van der Waals surface area contributed by atoms with Crippen LogP contribution >= 0.6 is 0 Å². The second-order valence-electron chi connectivity index (χ2n) is 4.18. The Balaban J connectivity index is 1.91. The van der Waals surface area contributed by atoms with Gasteiger partial charge in [0.1, 0.15) is 0 Å². The molecule has 18 heavy (non-hydrogen) atoms. The van der Waals surface area contributed by atoms with Gasteiger partial charge in [-0.05, 0) is 24.1 Å². The Bertz CT molecular complexity index is 451. The molecule has 1 N–H and O–H groups in total. The maximum atomic E-state index is 13.0. The van der Waals surface area contributed by atoms with Crippen molar-refractivity contribution in [2.75, 3.05) is 26.7 Å². The van der Waals surface area contributed by atoms with Crippen molar-refractivity contribution in [3.8, 4) is 0 Å². The smallest absolute Gasteiger partial charge is 0.194 e. The number of guanidine groups is 1. The van der Waals surface area contributed by atoms with Gasteiger partial charge in [0.25, 0.3) is 0 Å². The molecular formula is C12H14F3N3. The number of hydrogen-bond acceptors (Lipinski definition) is 3. The summed E-state index contributed by atoms with van der Waals surface area (Å²) in [7, 11) is 1.91. The number of likely N-dealkylation sites (N-methyl/N-ethyl adjacent to an activating group) is 1. The van der Waals surface area contributed by atoms with E-state index < -0.39 is 17.5 Å². The summed E-state index contributed by atoms with van der Waals surface area (Å²) in [5.41, 5.74) is 0.417. The molecule has 0 aromatic heterocycles. The lowest BCUT2D eigenvalue weighted by Gasteiger charge is -2.15. The van der Waals surface area contributed by atoms with Crippen molar-refractivity contribution in [1.82, 2.24) is 10.2 Å². The lowest BCUT2D eigenvalue weighted by molar-refractivity contribution is 0.445. The second kappa shape index (κ2) is 5.29. The predicted molar refractivity (Wildman–Crippen MR) is 63.0 cm³/mol. The van der Waals surface area contributed by atoms with Crippen LogP contribution in [0, 0.1) is 17.5 Å². The van der Waals surface area contributed by atoms with Crippen molar-refractivity contribution in [3.05, 3.63) is 35.1 Å². The van der Waals surface area contributed by atoms with Crippen LogP contribution in [0.3, 0.4) is 0 Å². The first-order valence-corrected chi connectivity index (χ1v) is 5.71. The highest BCUT2D eigenvalue weighted by molar-refractivity contribution is 5.81. The molecule has 3 nitrogen and oxygen atoms in total. The molecule has 1 aliphatic rings. The highest BCUT2D eigenvalue weighted by atomic mass is 19.2. The van der Waals surface area contributed by atoms with Crippen LogP contribution in [0.1, 0.15) is 5.56 Å². The summed E-state index contributed by atoms with van der Waals surface area (Å²) in [5, 5.41) is 3.07. The minimum atomic E-state index is -1.42. The molecule has 0 radical (unpaired) electrons. The van der Waals surface area contributed by atoms with Crippen molar-refractivity contribution in [1.29, 1.82) is 0 Å². The van der Waals surface area contributed by atoms with Gasteiger partial charge in [-0.1, -0.05) is 0 Å². The number of nitrogens with one attached hydrogen (secondary N) is 1. The zero-order chi connectivity index (χ0) is 13.1. The fourth-order valence-corrected chi connectivity index (χ4v) is 1.79. The molecule has 0 fully saturated rings. The summed E-state index contributed by atoms with van der Waals surface area (Å²) in [6.07, 6.45) is 0.404. The summed E-state index contributed by atoms with van der Waals surface area (Å²) in [4.78, 5) is 6.18. The van der Waals surface area contributed by atoms with Crippen molar-refractivity contribution in [3.63, 3.8) is 0 Å². The van der Waals surface area contributed by atoms with E-state index in [1.54, 1.807) is 0 Å². The zero-order valence-electron chi connectivity index (χ0n) is 10.0. The van der Waals surface area contributed by atoms with E-state index in [2.05, 4.69) is 10.3 Å². The number of hydrogen-bond donors (Lipinski definition) is 1. The van der Waals surface area contributed by atoms with Gasteiger partial charge in [-0.3, -0.25) is 4.99 Å². The minimum Gasteiger partial charge on any atom is -0.356 e. The van der Waals surface area contributed by atoms with E-state index in [4.69, 9.17) is 0 Å². The van der Waals surface area contributed by atoms with E-state index in [1.165, 1.54) is 0 Å². The molecule has 0 saturated heterocycles. The SMILES string of the molecule is CN1CCN=C1NCCc1cc(F)c(F)c(F)c1. The van der Waals surface area contributed by atoms with Crippen LogP contribution in [0.2, 0.25) is 0 Å². The van der Waals surface area contributed by atoms with Crippen LogP contribution in [0.15, 0.2) is 17.1 Å². The van der Waals surface area contributed by atoms with Gasteiger partial charge in [0, 0.05) is 20.1 Å². The Morgan fingerprint density at radius 1 is 1.28 bits per heavy atom. The number of benzene rings is 1. The Labute approximate surface area is 103 Å². The number of halogens is 3. The summed E-state index contributed by atoms with van der Waals surface area (Å²) >= 11 is 0. The van der Waals surface area contributed by atoms with Crippen molar-refractivity contribution in [2.24, 2.45) is 4.99 Å². The molecule has 98 valence electrons. The Kier molecular flexibility index (Phi) is 3.74. The Morgan fingerprint density at radius 2 is 1.94 bits per heavy atom. The fourth-order valence-electron chi connectivity index (χ4n) is 1.79. The predicted octanol–water partition coefficient (Wildman–Crippen LogP) is 1.54. The largest absolute Gasteiger partial charge is 0.356 e. The molecule has 2 rings (SSSR count). The third kappa shape index (κ3) is 2.75. The van der Waals surface area contributed by atoms with Crippen molar-refractivity contribution >= 4 is 5.96 Å². The van der Waals surface area contributed by atoms with Crippen LogP contribution in [0.5, 0.6) is 0 Å². The molecule has 1 aliphatic heterocycles. The topological polar surface area (TPSA) is 27.6 Å². The fraction of sp³-hybridized carbons (Fsp3) is 0.417. The molecule has 0 bridgehead atoms. The molecule has 0 unspecified atom stereocenters. The van der Waals surface area contributed by atoms with Crippen LogP contribution in [0.25, 0.3) is 0 Å². The van der Waals surface area contributed by atoms with Gasteiger partial charge in [0.2, 0.25) is 0 Å². The van der Waals surface area contributed by atoms with Gasteiger partial charge < -0.3 is 10.2 Å².